The number of amides is 1. The van der Waals surface area contributed by atoms with Crippen molar-refractivity contribution < 1.29 is 28.0 Å². The lowest BCUT2D eigenvalue weighted by Gasteiger charge is -2.22. The molecule has 0 aliphatic carbocycles. The van der Waals surface area contributed by atoms with Gasteiger partial charge >= 0.3 is 0 Å². The number of nitrogens with one attached hydrogen (secondary N) is 1. The summed E-state index contributed by atoms with van der Waals surface area (Å²) in [6, 6.07) is -1.28. The molecule has 49 heavy (non-hydrogen) atoms. The van der Waals surface area contributed by atoms with Crippen molar-refractivity contribution in [2.75, 3.05) is 5.75 Å². The van der Waals surface area contributed by atoms with Crippen molar-refractivity contribution in [2.24, 2.45) is 0 Å². The third kappa shape index (κ3) is 34.5. The van der Waals surface area contributed by atoms with Gasteiger partial charge < -0.3 is 15.5 Å². The Hall–Kier alpha value is -1.74. The van der Waals surface area contributed by atoms with Crippen LogP contribution >= 0.6 is 0 Å². The number of hydrogen-bond acceptors (Lipinski definition) is 5. The highest BCUT2D eigenvalue weighted by Crippen LogP contribution is 2.14. The van der Waals surface area contributed by atoms with Crippen LogP contribution in [-0.2, 0) is 14.9 Å². The molecule has 0 saturated heterocycles. The van der Waals surface area contributed by atoms with Gasteiger partial charge in [-0.05, 0) is 44.9 Å². The largest absolute Gasteiger partial charge is 0.387 e. The number of aliphatic hydroxyl groups is 2. The van der Waals surface area contributed by atoms with Crippen LogP contribution in [0, 0.1) is 0 Å². The van der Waals surface area contributed by atoms with Gasteiger partial charge in [-0.25, -0.2) is 0 Å². The highest BCUT2D eigenvalue weighted by molar-refractivity contribution is 7.85. The normalized spacial score (nSPS) is 14.5. The molecule has 4 N–H and O–H groups in total. The topological polar surface area (TPSA) is 124 Å². The van der Waals surface area contributed by atoms with Crippen LogP contribution in [0.15, 0.2) is 48.6 Å². The van der Waals surface area contributed by atoms with E-state index in [-0.39, 0.29) is 6.42 Å². The van der Waals surface area contributed by atoms with Gasteiger partial charge in [-0.1, -0.05) is 178 Å². The lowest BCUT2D eigenvalue weighted by atomic mass is 10.0. The van der Waals surface area contributed by atoms with E-state index in [1.165, 1.54) is 134 Å². The minimum absolute atomic E-state index is 0.0628. The first-order valence-corrected chi connectivity index (χ1v) is 21.6. The molecule has 0 heterocycles. The number of aliphatic hydroxyl groups excluding tert-OH is 2. The van der Waals surface area contributed by atoms with Gasteiger partial charge in [-0.15, -0.1) is 0 Å². The summed E-state index contributed by atoms with van der Waals surface area (Å²) < 4.78 is 32.4. The van der Waals surface area contributed by atoms with Crippen molar-refractivity contribution in [2.45, 2.75) is 199 Å². The molecule has 286 valence electrons. The molecule has 1 amide bonds. The molecule has 0 aliphatic heterocycles. The van der Waals surface area contributed by atoms with E-state index in [2.05, 4.69) is 43.5 Å². The second-order valence-corrected chi connectivity index (χ2v) is 15.2. The summed E-state index contributed by atoms with van der Waals surface area (Å²) in [5.74, 6) is -1.65. The molecule has 0 rings (SSSR count). The summed E-state index contributed by atoms with van der Waals surface area (Å²) >= 11 is 0. The Labute approximate surface area is 302 Å². The monoisotopic (exact) mass is 710 g/mol. The SMILES string of the molecule is CCCCCCCC/C=C\C/C=C\CC(O)C(=O)NC(CS(=O)(=O)O)C(O)/C=C/CC/C=C/CCCCCCCCCCCCCCCC. The van der Waals surface area contributed by atoms with Crippen molar-refractivity contribution in [3.05, 3.63) is 48.6 Å². The predicted molar refractivity (Wildman–Crippen MR) is 208 cm³/mol. The molecule has 0 radical (unpaired) electrons. The lowest BCUT2D eigenvalue weighted by Crippen LogP contribution is -2.50. The molecule has 3 atom stereocenters. The minimum Gasteiger partial charge on any atom is -0.387 e. The number of rotatable bonds is 35. The van der Waals surface area contributed by atoms with E-state index in [1.54, 1.807) is 12.2 Å². The third-order valence-electron chi connectivity index (χ3n) is 8.85. The molecule has 0 aromatic carbocycles. The molecule has 3 unspecified atom stereocenters. The van der Waals surface area contributed by atoms with E-state index in [0.717, 1.165) is 19.3 Å². The first-order chi connectivity index (χ1) is 23.7. The van der Waals surface area contributed by atoms with Gasteiger partial charge in [0.05, 0.1) is 17.9 Å². The summed E-state index contributed by atoms with van der Waals surface area (Å²) in [5, 5.41) is 23.2. The summed E-state index contributed by atoms with van der Waals surface area (Å²) in [7, 11) is -4.47. The van der Waals surface area contributed by atoms with Gasteiger partial charge in [0.2, 0.25) is 5.91 Å². The first-order valence-electron chi connectivity index (χ1n) is 19.9. The molecular weight excluding hydrogens is 635 g/mol. The Morgan fingerprint density at radius 2 is 0.980 bits per heavy atom. The van der Waals surface area contributed by atoms with Crippen molar-refractivity contribution in [1.82, 2.24) is 5.32 Å². The predicted octanol–water partition coefficient (Wildman–Crippen LogP) is 10.5. The quantitative estimate of drug-likeness (QED) is 0.0295. The summed E-state index contributed by atoms with van der Waals surface area (Å²) in [6.07, 6.45) is 43.4. The third-order valence-corrected chi connectivity index (χ3v) is 9.63. The van der Waals surface area contributed by atoms with Crippen molar-refractivity contribution in [1.29, 1.82) is 0 Å². The van der Waals surface area contributed by atoms with Gasteiger partial charge in [0.15, 0.2) is 0 Å². The van der Waals surface area contributed by atoms with Crippen molar-refractivity contribution in [3.63, 3.8) is 0 Å². The molecule has 8 heteroatoms. The van der Waals surface area contributed by atoms with Crippen LogP contribution < -0.4 is 5.32 Å². The van der Waals surface area contributed by atoms with Gasteiger partial charge in [0, 0.05) is 6.42 Å². The fourth-order valence-electron chi connectivity index (χ4n) is 5.75. The average Bonchev–Trinajstić information content (AvgIpc) is 3.06. The maximum absolute atomic E-state index is 12.5. The van der Waals surface area contributed by atoms with Crippen LogP contribution in [0.2, 0.25) is 0 Å². The van der Waals surface area contributed by atoms with Crippen LogP contribution in [0.4, 0.5) is 0 Å². The Bertz CT molecular complexity index is 974. The van der Waals surface area contributed by atoms with E-state index in [0.29, 0.717) is 12.8 Å². The molecule has 0 bridgehead atoms. The molecule has 0 aromatic heterocycles. The number of hydrogen-bond donors (Lipinski definition) is 4. The van der Waals surface area contributed by atoms with E-state index >= 15 is 0 Å². The lowest BCUT2D eigenvalue weighted by molar-refractivity contribution is -0.130. The van der Waals surface area contributed by atoms with Crippen molar-refractivity contribution >= 4 is 16.0 Å². The van der Waals surface area contributed by atoms with Crippen LogP contribution in [0.25, 0.3) is 0 Å². The summed E-state index contributed by atoms with van der Waals surface area (Å²) in [6.45, 7) is 4.48. The number of carbonyl (C=O) groups excluding carboxylic acids is 1. The highest BCUT2D eigenvalue weighted by atomic mass is 32.2. The first kappa shape index (κ1) is 47.3. The van der Waals surface area contributed by atoms with E-state index < -0.39 is 40.0 Å². The summed E-state index contributed by atoms with van der Waals surface area (Å²) in [5.41, 5.74) is 0. The number of unbranched alkanes of at least 4 members (excludes halogenated alkanes) is 21. The van der Waals surface area contributed by atoms with Gasteiger partial charge in [-0.2, -0.15) is 8.42 Å². The van der Waals surface area contributed by atoms with Crippen LogP contribution in [-0.4, -0.2) is 53.1 Å². The fourth-order valence-corrected chi connectivity index (χ4v) is 6.48. The van der Waals surface area contributed by atoms with E-state index in [4.69, 9.17) is 0 Å². The number of allylic oxidation sites excluding steroid dienone is 6. The van der Waals surface area contributed by atoms with Crippen LogP contribution in [0.3, 0.4) is 0 Å². The second-order valence-electron chi connectivity index (χ2n) is 13.7. The zero-order valence-corrected chi connectivity index (χ0v) is 32.2. The highest BCUT2D eigenvalue weighted by Gasteiger charge is 2.27. The molecular formula is C41H75NO6S. The Morgan fingerprint density at radius 1 is 0.571 bits per heavy atom. The van der Waals surface area contributed by atoms with Gasteiger partial charge in [-0.3, -0.25) is 9.35 Å². The molecule has 7 nitrogen and oxygen atoms in total. The Morgan fingerprint density at radius 3 is 1.47 bits per heavy atom. The molecule has 0 saturated carbocycles. The van der Waals surface area contributed by atoms with E-state index in [9.17, 15) is 28.0 Å². The maximum atomic E-state index is 12.5. The minimum atomic E-state index is -4.47. The van der Waals surface area contributed by atoms with Crippen LogP contribution in [0.1, 0.15) is 181 Å². The number of carbonyl (C=O) groups is 1. The Kier molecular flexibility index (Phi) is 33.5. The molecule has 0 aromatic rings. The average molecular weight is 710 g/mol. The molecule has 0 spiro atoms. The van der Waals surface area contributed by atoms with Crippen LogP contribution in [0.5, 0.6) is 0 Å². The fraction of sp³-hybridized carbons (Fsp3) is 0.780. The molecule has 0 fully saturated rings. The second kappa shape index (κ2) is 34.7. The molecule has 0 aliphatic rings. The zero-order valence-electron chi connectivity index (χ0n) is 31.4. The van der Waals surface area contributed by atoms with Gasteiger partial charge in [0.1, 0.15) is 6.10 Å². The standard InChI is InChI=1S/C41H75NO6S/c1-3-5-7-9-11-13-15-17-18-19-20-21-22-23-24-26-27-29-31-33-35-39(43)38(37-49(46,47)48)42-41(45)40(44)36-34-32-30-28-25-16-14-12-10-8-6-4-2/h25-28,32-35,38-40,43-44H,3-24,29-31,36-37H2,1-2H3,(H,42,45)(H,46,47,48)/b27-26+,28-25-,34-32-,35-33+. The smallest absolute Gasteiger partial charge is 0.267 e. The van der Waals surface area contributed by atoms with Gasteiger partial charge in [0.25, 0.3) is 10.1 Å². The zero-order chi connectivity index (χ0) is 36.3. The van der Waals surface area contributed by atoms with E-state index in [1.807, 2.05) is 6.08 Å². The Balaban J connectivity index is 4.16. The maximum Gasteiger partial charge on any atom is 0.267 e. The summed E-state index contributed by atoms with van der Waals surface area (Å²) in [4.78, 5) is 12.5. The van der Waals surface area contributed by atoms with Crippen molar-refractivity contribution in [3.8, 4) is 0 Å².